The maximum Gasteiger partial charge on any atom is 0.315 e. The SMILES string of the molecule is N#Cc1cc(Nc2nc(NC3CC3)c3ncc(C#N)n3n2)c(Cl)c(N2CCN(C(=O)C(F)F)CC2)c1. The van der Waals surface area contributed by atoms with Crippen LogP contribution < -0.4 is 15.5 Å². The highest BCUT2D eigenvalue weighted by atomic mass is 35.5. The molecule has 0 spiro atoms. The Morgan fingerprint density at radius 1 is 1.17 bits per heavy atom. The lowest BCUT2D eigenvalue weighted by Crippen LogP contribution is -2.50. The average molecular weight is 513 g/mol. The van der Waals surface area contributed by atoms with Crippen LogP contribution in [-0.2, 0) is 4.79 Å². The van der Waals surface area contributed by atoms with Gasteiger partial charge in [-0.3, -0.25) is 4.79 Å². The highest BCUT2D eigenvalue weighted by Crippen LogP contribution is 2.36. The first-order chi connectivity index (χ1) is 17.4. The topological polar surface area (TPSA) is 138 Å². The number of hydrogen-bond acceptors (Lipinski definition) is 9. The Morgan fingerprint density at radius 3 is 2.56 bits per heavy atom. The van der Waals surface area contributed by atoms with Crippen LogP contribution in [0.3, 0.4) is 0 Å². The van der Waals surface area contributed by atoms with E-state index < -0.39 is 12.3 Å². The van der Waals surface area contributed by atoms with Crippen LogP contribution >= 0.6 is 11.6 Å². The van der Waals surface area contributed by atoms with Gasteiger partial charge >= 0.3 is 6.43 Å². The van der Waals surface area contributed by atoms with E-state index in [4.69, 9.17) is 11.6 Å². The second-order valence-corrected chi connectivity index (χ2v) is 8.78. The Kier molecular flexibility index (Phi) is 6.16. The lowest BCUT2D eigenvalue weighted by atomic mass is 10.1. The van der Waals surface area contributed by atoms with Crippen molar-refractivity contribution in [1.82, 2.24) is 24.5 Å². The summed E-state index contributed by atoms with van der Waals surface area (Å²) >= 11 is 6.70. The number of aromatic nitrogens is 4. The number of anilines is 4. The lowest BCUT2D eigenvalue weighted by molar-refractivity contribution is -0.143. The van der Waals surface area contributed by atoms with E-state index in [9.17, 15) is 24.1 Å². The van der Waals surface area contributed by atoms with Crippen molar-refractivity contribution in [2.45, 2.75) is 25.3 Å². The van der Waals surface area contributed by atoms with Gasteiger partial charge in [-0.25, -0.2) is 4.98 Å². The summed E-state index contributed by atoms with van der Waals surface area (Å²) in [5, 5.41) is 30.0. The number of nitrogens with one attached hydrogen (secondary N) is 2. The van der Waals surface area contributed by atoms with Gasteiger partial charge < -0.3 is 20.4 Å². The molecule has 1 aliphatic carbocycles. The van der Waals surface area contributed by atoms with Gasteiger partial charge in [-0.1, -0.05) is 11.6 Å². The van der Waals surface area contributed by atoms with Crippen LogP contribution in [0.4, 0.5) is 31.9 Å². The molecule has 1 aliphatic heterocycles. The van der Waals surface area contributed by atoms with E-state index in [1.54, 1.807) is 12.1 Å². The maximum absolute atomic E-state index is 12.8. The van der Waals surface area contributed by atoms with Crippen molar-refractivity contribution in [3.63, 3.8) is 0 Å². The van der Waals surface area contributed by atoms with Crippen molar-refractivity contribution in [2.24, 2.45) is 0 Å². The van der Waals surface area contributed by atoms with E-state index in [-0.39, 0.29) is 48.9 Å². The summed E-state index contributed by atoms with van der Waals surface area (Å²) < 4.78 is 26.9. The minimum atomic E-state index is -3.05. The minimum absolute atomic E-state index is 0.104. The molecule has 1 saturated heterocycles. The molecule has 3 aromatic rings. The molecule has 0 unspecified atom stereocenters. The number of carbonyl (C=O) groups is 1. The third-order valence-electron chi connectivity index (χ3n) is 5.94. The molecule has 3 heterocycles. The van der Waals surface area contributed by atoms with Gasteiger partial charge in [0.1, 0.15) is 6.07 Å². The van der Waals surface area contributed by atoms with E-state index in [0.717, 1.165) is 17.7 Å². The molecule has 36 heavy (non-hydrogen) atoms. The molecular weight excluding hydrogens is 494 g/mol. The van der Waals surface area contributed by atoms with E-state index in [2.05, 4.69) is 31.8 Å². The highest BCUT2D eigenvalue weighted by molar-refractivity contribution is 6.36. The smallest absolute Gasteiger partial charge is 0.315 e. The summed E-state index contributed by atoms with van der Waals surface area (Å²) in [6, 6.07) is 7.55. The summed E-state index contributed by atoms with van der Waals surface area (Å²) in [7, 11) is 0. The van der Waals surface area contributed by atoms with Crippen molar-refractivity contribution in [2.75, 3.05) is 41.7 Å². The molecule has 2 aromatic heterocycles. The van der Waals surface area contributed by atoms with E-state index >= 15 is 0 Å². The van der Waals surface area contributed by atoms with Crippen molar-refractivity contribution >= 4 is 46.3 Å². The summed E-state index contributed by atoms with van der Waals surface area (Å²) in [6.45, 7) is 0.745. The minimum Gasteiger partial charge on any atom is -0.367 e. The number of alkyl halides is 2. The zero-order valence-corrected chi connectivity index (χ0v) is 19.5. The number of imidazole rings is 1. The number of hydrogen-bond donors (Lipinski definition) is 2. The number of carbonyl (C=O) groups excluding carboxylic acids is 1. The summed E-state index contributed by atoms with van der Waals surface area (Å²) in [6.07, 6.45) is 0.360. The molecule has 0 radical (unpaired) electrons. The van der Waals surface area contributed by atoms with Crippen molar-refractivity contribution in [1.29, 1.82) is 10.5 Å². The predicted octanol–water partition coefficient (Wildman–Crippen LogP) is 2.75. The fourth-order valence-corrected chi connectivity index (χ4v) is 4.23. The number of nitrogens with zero attached hydrogens (tertiary/aromatic N) is 8. The molecule has 1 aromatic carbocycles. The third-order valence-corrected chi connectivity index (χ3v) is 6.34. The molecule has 14 heteroatoms. The standard InChI is InChI=1S/C22H19ClF2N10O/c23-17-15(7-12(9-26)8-16(17)33-3-5-34(6-4-33)21(36)18(24)25)30-22-31-19(29-13-1-2-13)20-28-11-14(10-27)35(20)32-22/h7-8,11,13,18H,1-6H2,(H2,29,30,31,32). The number of benzene rings is 1. The van der Waals surface area contributed by atoms with Gasteiger partial charge in [0.05, 0.1) is 34.2 Å². The molecular formula is C22H19ClF2N10O. The largest absolute Gasteiger partial charge is 0.367 e. The molecule has 5 rings (SSSR count). The molecule has 2 aliphatic rings. The Bertz CT molecular complexity index is 1420. The third kappa shape index (κ3) is 4.53. The molecule has 0 bridgehead atoms. The van der Waals surface area contributed by atoms with Crippen LogP contribution in [0.5, 0.6) is 0 Å². The Morgan fingerprint density at radius 2 is 1.92 bits per heavy atom. The quantitative estimate of drug-likeness (QED) is 0.510. The van der Waals surface area contributed by atoms with Crippen LogP contribution in [0, 0.1) is 22.7 Å². The van der Waals surface area contributed by atoms with Crippen LogP contribution in [0.2, 0.25) is 5.02 Å². The number of halogens is 3. The predicted molar refractivity (Wildman–Crippen MR) is 126 cm³/mol. The van der Waals surface area contributed by atoms with Gasteiger partial charge in [-0.2, -0.15) is 28.8 Å². The summed E-state index contributed by atoms with van der Waals surface area (Å²) in [4.78, 5) is 23.3. The fourth-order valence-electron chi connectivity index (χ4n) is 3.95. The van der Waals surface area contributed by atoms with Crippen LogP contribution in [-0.4, -0.2) is 69.0 Å². The highest BCUT2D eigenvalue weighted by Gasteiger charge is 2.29. The van der Waals surface area contributed by atoms with Gasteiger partial charge in [0.25, 0.3) is 5.91 Å². The first-order valence-electron chi connectivity index (χ1n) is 11.1. The van der Waals surface area contributed by atoms with Gasteiger partial charge in [0.2, 0.25) is 5.95 Å². The molecule has 2 N–H and O–H groups in total. The number of piperazine rings is 1. The summed E-state index contributed by atoms with van der Waals surface area (Å²) in [5.74, 6) is -0.604. The first kappa shape index (κ1) is 23.5. The van der Waals surface area contributed by atoms with Gasteiger partial charge in [0.15, 0.2) is 17.2 Å². The van der Waals surface area contributed by atoms with Crippen molar-refractivity contribution in [3.05, 3.63) is 34.6 Å². The number of fused-ring (bicyclic) bond motifs is 1. The molecule has 1 amide bonds. The second-order valence-electron chi connectivity index (χ2n) is 8.40. The number of amides is 1. The Hall–Kier alpha value is -4.23. The first-order valence-corrected chi connectivity index (χ1v) is 11.5. The van der Waals surface area contributed by atoms with Crippen molar-refractivity contribution < 1.29 is 13.6 Å². The lowest BCUT2D eigenvalue weighted by Gasteiger charge is -2.36. The molecule has 0 atom stereocenters. The summed E-state index contributed by atoms with van der Waals surface area (Å²) in [5.41, 5.74) is 1.81. The van der Waals surface area contributed by atoms with Crippen LogP contribution in [0.25, 0.3) is 5.65 Å². The number of nitriles is 2. The van der Waals surface area contributed by atoms with Gasteiger partial charge in [-0.05, 0) is 25.0 Å². The second kappa shape index (κ2) is 9.43. The van der Waals surface area contributed by atoms with Crippen molar-refractivity contribution in [3.8, 4) is 12.1 Å². The normalized spacial score (nSPS) is 15.6. The molecule has 184 valence electrons. The molecule has 11 nitrogen and oxygen atoms in total. The Labute approximate surface area is 208 Å². The van der Waals surface area contributed by atoms with Gasteiger partial charge in [0, 0.05) is 32.2 Å². The zero-order valence-electron chi connectivity index (χ0n) is 18.7. The molecule has 2 fully saturated rings. The van der Waals surface area contributed by atoms with E-state index in [1.807, 2.05) is 11.0 Å². The fraction of sp³-hybridized carbons (Fsp3) is 0.364. The Balaban J connectivity index is 1.46. The van der Waals surface area contributed by atoms with Crippen LogP contribution in [0.1, 0.15) is 24.1 Å². The van der Waals surface area contributed by atoms with Gasteiger partial charge in [-0.15, -0.1) is 5.10 Å². The van der Waals surface area contributed by atoms with Crippen LogP contribution in [0.15, 0.2) is 18.3 Å². The van der Waals surface area contributed by atoms with E-state index in [1.165, 1.54) is 10.7 Å². The number of rotatable bonds is 6. The molecule has 1 saturated carbocycles. The monoisotopic (exact) mass is 512 g/mol. The maximum atomic E-state index is 12.8. The zero-order chi connectivity index (χ0) is 25.4. The average Bonchev–Trinajstić information content (AvgIpc) is 3.60. The van der Waals surface area contributed by atoms with E-state index in [0.29, 0.717) is 28.4 Å².